The van der Waals surface area contributed by atoms with E-state index in [1.807, 2.05) is 18.2 Å². The highest BCUT2D eigenvalue weighted by molar-refractivity contribution is 7.11. The molecule has 0 saturated heterocycles. The van der Waals surface area contributed by atoms with E-state index in [1.54, 1.807) is 18.4 Å². The van der Waals surface area contributed by atoms with Gasteiger partial charge in [-0.2, -0.15) is 0 Å². The molecule has 2 aromatic rings. The minimum atomic E-state index is 0.297. The van der Waals surface area contributed by atoms with Gasteiger partial charge in [-0.1, -0.05) is 13.0 Å². The van der Waals surface area contributed by atoms with Crippen LogP contribution in [0, 0.1) is 6.92 Å². The van der Waals surface area contributed by atoms with E-state index in [0.29, 0.717) is 13.3 Å². The van der Waals surface area contributed by atoms with Crippen LogP contribution in [0.15, 0.2) is 23.2 Å². The van der Waals surface area contributed by atoms with Crippen LogP contribution in [-0.4, -0.2) is 31.3 Å². The van der Waals surface area contributed by atoms with Gasteiger partial charge < -0.3 is 20.1 Å². The monoisotopic (exact) mass is 360 g/mol. The average molecular weight is 360 g/mol. The molecule has 0 atom stereocenters. The van der Waals surface area contributed by atoms with Gasteiger partial charge in [-0.15, -0.1) is 11.3 Å². The zero-order valence-electron chi connectivity index (χ0n) is 14.9. The van der Waals surface area contributed by atoms with Gasteiger partial charge in [0.25, 0.3) is 0 Å². The molecule has 0 fully saturated rings. The minimum absolute atomic E-state index is 0.297. The number of hydrogen-bond donors (Lipinski definition) is 2. The maximum atomic E-state index is 5.41. The molecule has 0 spiro atoms. The summed E-state index contributed by atoms with van der Waals surface area (Å²) in [6.07, 6.45) is 1.89. The number of nitrogens with one attached hydrogen (secondary N) is 2. The smallest absolute Gasteiger partial charge is 0.231 e. The Balaban J connectivity index is 1.46. The van der Waals surface area contributed by atoms with Crippen molar-refractivity contribution in [3.8, 4) is 11.5 Å². The van der Waals surface area contributed by atoms with Crippen molar-refractivity contribution in [1.82, 2.24) is 15.6 Å². The molecule has 134 valence electrons. The fourth-order valence-electron chi connectivity index (χ4n) is 2.67. The highest BCUT2D eigenvalue weighted by Crippen LogP contribution is 2.32. The summed E-state index contributed by atoms with van der Waals surface area (Å²) in [5, 5.41) is 7.83. The SMILES string of the molecule is CCc1nc(CCNC(=NC)NCc2ccc3c(c2)OCO3)sc1C. The molecule has 0 saturated carbocycles. The van der Waals surface area contributed by atoms with E-state index >= 15 is 0 Å². The van der Waals surface area contributed by atoms with E-state index in [9.17, 15) is 0 Å². The fourth-order valence-corrected chi connectivity index (χ4v) is 3.69. The third kappa shape index (κ3) is 4.42. The average Bonchev–Trinajstić information content (AvgIpc) is 3.23. The largest absolute Gasteiger partial charge is 0.454 e. The third-order valence-electron chi connectivity index (χ3n) is 4.02. The van der Waals surface area contributed by atoms with Crippen molar-refractivity contribution in [1.29, 1.82) is 0 Å². The molecule has 1 aromatic heterocycles. The summed E-state index contributed by atoms with van der Waals surface area (Å²) in [6.45, 7) is 6.06. The van der Waals surface area contributed by atoms with Crippen LogP contribution in [0.3, 0.4) is 0 Å². The maximum absolute atomic E-state index is 5.41. The molecule has 6 nitrogen and oxygen atoms in total. The van der Waals surface area contributed by atoms with Gasteiger partial charge >= 0.3 is 0 Å². The van der Waals surface area contributed by atoms with E-state index in [1.165, 1.54) is 15.6 Å². The second-order valence-electron chi connectivity index (χ2n) is 5.75. The molecule has 0 amide bonds. The molecule has 0 unspecified atom stereocenters. The van der Waals surface area contributed by atoms with Crippen LogP contribution in [0.4, 0.5) is 0 Å². The van der Waals surface area contributed by atoms with Crippen LogP contribution in [-0.2, 0) is 19.4 Å². The molecule has 1 aliphatic heterocycles. The Morgan fingerprint density at radius 1 is 1.28 bits per heavy atom. The Morgan fingerprint density at radius 2 is 2.12 bits per heavy atom. The highest BCUT2D eigenvalue weighted by atomic mass is 32.1. The Labute approximate surface area is 152 Å². The Kier molecular flexibility index (Phi) is 5.75. The second kappa shape index (κ2) is 8.20. The number of fused-ring (bicyclic) bond motifs is 1. The maximum Gasteiger partial charge on any atom is 0.231 e. The molecule has 25 heavy (non-hydrogen) atoms. The number of nitrogens with zero attached hydrogens (tertiary/aromatic N) is 2. The van der Waals surface area contributed by atoms with Gasteiger partial charge in [-0.05, 0) is 31.0 Å². The summed E-state index contributed by atoms with van der Waals surface area (Å²) in [7, 11) is 1.78. The number of aromatic nitrogens is 1. The molecule has 0 bridgehead atoms. The number of guanidine groups is 1. The zero-order chi connectivity index (χ0) is 17.6. The molecular formula is C18H24N4O2S. The van der Waals surface area contributed by atoms with Crippen LogP contribution in [0.2, 0.25) is 0 Å². The molecule has 1 aliphatic rings. The first-order valence-electron chi connectivity index (χ1n) is 8.47. The lowest BCUT2D eigenvalue weighted by Crippen LogP contribution is -2.37. The van der Waals surface area contributed by atoms with E-state index in [0.717, 1.165) is 42.4 Å². The number of thiazole rings is 1. The van der Waals surface area contributed by atoms with Gasteiger partial charge in [0.2, 0.25) is 6.79 Å². The van der Waals surface area contributed by atoms with Crippen LogP contribution in [0.5, 0.6) is 11.5 Å². The molecule has 1 aromatic carbocycles. The number of aliphatic imine (C=N–C) groups is 1. The summed E-state index contributed by atoms with van der Waals surface area (Å²) in [5.74, 6) is 2.38. The summed E-state index contributed by atoms with van der Waals surface area (Å²) < 4.78 is 10.7. The van der Waals surface area contributed by atoms with E-state index < -0.39 is 0 Å². The van der Waals surface area contributed by atoms with Crippen molar-refractivity contribution in [2.75, 3.05) is 20.4 Å². The summed E-state index contributed by atoms with van der Waals surface area (Å²) >= 11 is 1.78. The van der Waals surface area contributed by atoms with Crippen molar-refractivity contribution < 1.29 is 9.47 Å². The van der Waals surface area contributed by atoms with Crippen molar-refractivity contribution >= 4 is 17.3 Å². The van der Waals surface area contributed by atoms with Gasteiger partial charge in [0.1, 0.15) is 0 Å². The topological polar surface area (TPSA) is 67.8 Å². The number of hydrogen-bond acceptors (Lipinski definition) is 5. The first-order valence-corrected chi connectivity index (χ1v) is 9.29. The molecule has 3 rings (SSSR count). The second-order valence-corrected chi connectivity index (χ2v) is 7.04. The van der Waals surface area contributed by atoms with Crippen LogP contribution in [0.1, 0.15) is 28.1 Å². The van der Waals surface area contributed by atoms with Gasteiger partial charge in [0, 0.05) is 31.4 Å². The quantitative estimate of drug-likeness (QED) is 0.612. The highest BCUT2D eigenvalue weighted by Gasteiger charge is 2.13. The Hall–Kier alpha value is -2.28. The van der Waals surface area contributed by atoms with Crippen LogP contribution in [0.25, 0.3) is 0 Å². The number of benzene rings is 1. The lowest BCUT2D eigenvalue weighted by atomic mass is 10.2. The normalized spacial score (nSPS) is 13.2. The predicted molar refractivity (Wildman–Crippen MR) is 101 cm³/mol. The molecule has 0 radical (unpaired) electrons. The summed E-state index contributed by atoms with van der Waals surface area (Å²) in [6, 6.07) is 5.96. The van der Waals surface area contributed by atoms with E-state index in [4.69, 9.17) is 9.47 Å². The first-order chi connectivity index (χ1) is 12.2. The zero-order valence-corrected chi connectivity index (χ0v) is 15.7. The third-order valence-corrected chi connectivity index (χ3v) is 5.10. The molecule has 7 heteroatoms. The van der Waals surface area contributed by atoms with Crippen LogP contribution >= 0.6 is 11.3 Å². The molecule has 0 aliphatic carbocycles. The first kappa shape index (κ1) is 17.5. The summed E-state index contributed by atoms with van der Waals surface area (Å²) in [4.78, 5) is 10.3. The lowest BCUT2D eigenvalue weighted by Gasteiger charge is -2.11. The van der Waals surface area contributed by atoms with Gasteiger partial charge in [-0.25, -0.2) is 4.98 Å². The van der Waals surface area contributed by atoms with Crippen molar-refractivity contribution in [2.24, 2.45) is 4.99 Å². The van der Waals surface area contributed by atoms with Gasteiger partial charge in [-0.3, -0.25) is 4.99 Å². The lowest BCUT2D eigenvalue weighted by molar-refractivity contribution is 0.174. The van der Waals surface area contributed by atoms with Crippen LogP contribution < -0.4 is 20.1 Å². The number of ether oxygens (including phenoxy) is 2. The standard InChI is InChI=1S/C18H24N4O2S/c1-4-14-12(2)25-17(22-14)7-8-20-18(19-3)21-10-13-5-6-15-16(9-13)24-11-23-15/h5-6,9H,4,7-8,10-11H2,1-3H3,(H2,19,20,21). The van der Waals surface area contributed by atoms with Gasteiger partial charge in [0.05, 0.1) is 10.7 Å². The Bertz CT molecular complexity index is 758. The number of rotatable bonds is 6. The van der Waals surface area contributed by atoms with E-state index in [2.05, 4.69) is 34.5 Å². The molecular weight excluding hydrogens is 336 g/mol. The Morgan fingerprint density at radius 3 is 2.88 bits per heavy atom. The summed E-state index contributed by atoms with van der Waals surface area (Å²) in [5.41, 5.74) is 2.33. The minimum Gasteiger partial charge on any atom is -0.454 e. The predicted octanol–water partition coefficient (Wildman–Crippen LogP) is 2.65. The fraction of sp³-hybridized carbons (Fsp3) is 0.444. The molecule has 2 heterocycles. The van der Waals surface area contributed by atoms with E-state index in [-0.39, 0.29) is 0 Å². The molecule has 2 N–H and O–H groups in total. The van der Waals surface area contributed by atoms with Crippen molar-refractivity contribution in [3.05, 3.63) is 39.3 Å². The van der Waals surface area contributed by atoms with Crippen molar-refractivity contribution in [3.63, 3.8) is 0 Å². The van der Waals surface area contributed by atoms with Gasteiger partial charge in [0.15, 0.2) is 17.5 Å². The number of aryl methyl sites for hydroxylation is 2. The van der Waals surface area contributed by atoms with Crippen molar-refractivity contribution in [2.45, 2.75) is 33.2 Å².